The first-order chi connectivity index (χ1) is 12.4. The van der Waals surface area contributed by atoms with Crippen molar-refractivity contribution < 1.29 is 4.52 Å². The normalized spacial score (nSPS) is 26.0. The fourth-order valence-electron chi connectivity index (χ4n) is 4.36. The second-order valence-corrected chi connectivity index (χ2v) is 6.80. The molecule has 0 saturated carbocycles. The van der Waals surface area contributed by atoms with Crippen LogP contribution in [0, 0.1) is 0 Å². The molecule has 3 atom stereocenters. The van der Waals surface area contributed by atoms with Crippen molar-refractivity contribution in [3.8, 4) is 11.5 Å². The average Bonchev–Trinajstić information content (AvgIpc) is 3.39. The molecule has 6 nitrogen and oxygen atoms in total. The molecule has 0 bridgehead atoms. The molecule has 6 heteroatoms. The van der Waals surface area contributed by atoms with Gasteiger partial charge in [0.2, 0.25) is 0 Å². The third-order valence-corrected chi connectivity index (χ3v) is 5.45. The summed E-state index contributed by atoms with van der Waals surface area (Å²) in [7, 11) is 0. The zero-order valence-electron chi connectivity index (χ0n) is 13.8. The smallest absolute Gasteiger partial charge is 0.261 e. The van der Waals surface area contributed by atoms with Crippen molar-refractivity contribution in [3.63, 3.8) is 0 Å². The Hall–Kier alpha value is -2.60. The number of aromatic nitrogens is 4. The zero-order chi connectivity index (χ0) is 16.6. The second-order valence-electron chi connectivity index (χ2n) is 6.80. The van der Waals surface area contributed by atoms with E-state index in [0.29, 0.717) is 23.9 Å². The first-order valence-electron chi connectivity index (χ1n) is 8.80. The van der Waals surface area contributed by atoms with Gasteiger partial charge in [-0.25, -0.2) is 9.97 Å². The van der Waals surface area contributed by atoms with E-state index in [2.05, 4.69) is 55.3 Å². The van der Waals surface area contributed by atoms with Gasteiger partial charge in [0.25, 0.3) is 5.89 Å². The summed E-state index contributed by atoms with van der Waals surface area (Å²) in [5, 5.41) is 4.29. The molecule has 0 radical (unpaired) electrons. The molecular weight excluding hydrogens is 314 g/mol. The van der Waals surface area contributed by atoms with Gasteiger partial charge in [0, 0.05) is 30.4 Å². The Morgan fingerprint density at radius 1 is 1.08 bits per heavy atom. The van der Waals surface area contributed by atoms with E-state index in [0.717, 1.165) is 24.4 Å². The first-order valence-corrected chi connectivity index (χ1v) is 8.80. The summed E-state index contributed by atoms with van der Waals surface area (Å²) in [5.41, 5.74) is 2.15. The van der Waals surface area contributed by atoms with Crippen LogP contribution in [0.25, 0.3) is 11.5 Å². The van der Waals surface area contributed by atoms with E-state index in [1.165, 1.54) is 24.7 Å². The van der Waals surface area contributed by atoms with E-state index < -0.39 is 0 Å². The Morgan fingerprint density at radius 2 is 1.92 bits per heavy atom. The van der Waals surface area contributed by atoms with E-state index >= 15 is 0 Å². The van der Waals surface area contributed by atoms with Gasteiger partial charge < -0.3 is 4.52 Å². The van der Waals surface area contributed by atoms with E-state index in [-0.39, 0.29) is 0 Å². The summed E-state index contributed by atoms with van der Waals surface area (Å²) in [6, 6.07) is 11.7. The largest absolute Gasteiger partial charge is 0.334 e. The fraction of sp³-hybridized carbons (Fsp3) is 0.368. The van der Waals surface area contributed by atoms with Crippen molar-refractivity contribution in [3.05, 3.63) is 60.4 Å². The quantitative estimate of drug-likeness (QED) is 0.733. The maximum Gasteiger partial charge on any atom is 0.261 e. The minimum Gasteiger partial charge on any atom is -0.334 e. The SMILES string of the molecule is c1ccc([C@@H]2C[C@H](c3noc(-c4cncnc4)n3)[C@H]3CCCN32)cc1. The summed E-state index contributed by atoms with van der Waals surface area (Å²) in [5.74, 6) is 1.63. The lowest BCUT2D eigenvalue weighted by atomic mass is 9.94. The molecule has 2 saturated heterocycles. The van der Waals surface area contributed by atoms with Gasteiger partial charge in [-0.15, -0.1) is 0 Å². The Bertz CT molecular complexity index is 851. The summed E-state index contributed by atoms with van der Waals surface area (Å²) in [6.45, 7) is 1.15. The summed E-state index contributed by atoms with van der Waals surface area (Å²) < 4.78 is 5.49. The molecule has 126 valence electrons. The van der Waals surface area contributed by atoms with Gasteiger partial charge in [0.1, 0.15) is 6.33 Å². The predicted octanol–water partition coefficient (Wildman–Crippen LogP) is 3.22. The van der Waals surface area contributed by atoms with Gasteiger partial charge in [-0.3, -0.25) is 4.90 Å². The van der Waals surface area contributed by atoms with Crippen LogP contribution >= 0.6 is 0 Å². The van der Waals surface area contributed by atoms with Crippen LogP contribution in [0.1, 0.15) is 42.6 Å². The molecule has 0 N–H and O–H groups in total. The van der Waals surface area contributed by atoms with E-state index in [9.17, 15) is 0 Å². The molecule has 4 heterocycles. The fourth-order valence-corrected chi connectivity index (χ4v) is 4.36. The standard InChI is InChI=1S/C19H19N5O/c1-2-5-13(6-3-1)17-9-15(16-7-4-8-24(16)17)18-22-19(25-23-18)14-10-20-12-21-11-14/h1-3,5-6,10-12,15-17H,4,7-9H2/t15-,16+,17-/m0/s1. The Labute approximate surface area is 145 Å². The highest BCUT2D eigenvalue weighted by Crippen LogP contribution is 2.48. The highest BCUT2D eigenvalue weighted by Gasteiger charge is 2.46. The third kappa shape index (κ3) is 2.53. The van der Waals surface area contributed by atoms with Crippen LogP contribution in [0.4, 0.5) is 0 Å². The molecule has 3 aromatic rings. The Morgan fingerprint density at radius 3 is 2.76 bits per heavy atom. The molecule has 0 amide bonds. The van der Waals surface area contributed by atoms with Gasteiger partial charge in [-0.2, -0.15) is 4.98 Å². The summed E-state index contributed by atoms with van der Waals surface area (Å²) in [4.78, 5) is 15.3. The number of fused-ring (bicyclic) bond motifs is 1. The number of hydrogen-bond donors (Lipinski definition) is 0. The summed E-state index contributed by atoms with van der Waals surface area (Å²) in [6.07, 6.45) is 8.38. The van der Waals surface area contributed by atoms with Crippen molar-refractivity contribution in [2.75, 3.05) is 6.54 Å². The highest BCUT2D eigenvalue weighted by molar-refractivity contribution is 5.48. The third-order valence-electron chi connectivity index (χ3n) is 5.45. The van der Waals surface area contributed by atoms with E-state index in [1.54, 1.807) is 12.4 Å². The van der Waals surface area contributed by atoms with Gasteiger partial charge >= 0.3 is 0 Å². The molecule has 0 spiro atoms. The molecule has 5 rings (SSSR count). The minimum absolute atomic E-state index is 0.315. The van der Waals surface area contributed by atoms with Crippen LogP contribution in [0.15, 0.2) is 53.6 Å². The number of hydrogen-bond acceptors (Lipinski definition) is 6. The van der Waals surface area contributed by atoms with Crippen LogP contribution in [0.2, 0.25) is 0 Å². The number of nitrogens with zero attached hydrogens (tertiary/aromatic N) is 5. The van der Waals surface area contributed by atoms with Crippen LogP contribution in [-0.4, -0.2) is 37.6 Å². The van der Waals surface area contributed by atoms with Crippen LogP contribution < -0.4 is 0 Å². The van der Waals surface area contributed by atoms with Gasteiger partial charge in [-0.05, 0) is 31.4 Å². The van der Waals surface area contributed by atoms with Crippen molar-refractivity contribution in [2.45, 2.75) is 37.3 Å². The lowest BCUT2D eigenvalue weighted by molar-refractivity contribution is 0.243. The highest BCUT2D eigenvalue weighted by atomic mass is 16.5. The molecule has 0 unspecified atom stereocenters. The molecule has 2 aromatic heterocycles. The van der Waals surface area contributed by atoms with Crippen LogP contribution in [-0.2, 0) is 0 Å². The van der Waals surface area contributed by atoms with Crippen molar-refractivity contribution in [1.29, 1.82) is 0 Å². The van der Waals surface area contributed by atoms with E-state index in [4.69, 9.17) is 4.52 Å². The Balaban J connectivity index is 1.45. The van der Waals surface area contributed by atoms with Crippen molar-refractivity contribution in [1.82, 2.24) is 25.0 Å². The molecule has 25 heavy (non-hydrogen) atoms. The molecular formula is C19H19N5O. The molecule has 0 aliphatic carbocycles. The van der Waals surface area contributed by atoms with Gasteiger partial charge in [0.05, 0.1) is 5.56 Å². The maximum absolute atomic E-state index is 5.49. The minimum atomic E-state index is 0.315. The van der Waals surface area contributed by atoms with E-state index in [1.807, 2.05) is 0 Å². The predicted molar refractivity (Wildman–Crippen MR) is 91.6 cm³/mol. The maximum atomic E-state index is 5.49. The van der Waals surface area contributed by atoms with Gasteiger partial charge in [0.15, 0.2) is 5.82 Å². The molecule has 2 aliphatic rings. The average molecular weight is 333 g/mol. The zero-order valence-corrected chi connectivity index (χ0v) is 13.8. The lowest BCUT2D eigenvalue weighted by Gasteiger charge is -2.24. The lowest BCUT2D eigenvalue weighted by Crippen LogP contribution is -2.27. The van der Waals surface area contributed by atoms with Crippen LogP contribution in [0.3, 0.4) is 0 Å². The number of rotatable bonds is 3. The first kappa shape index (κ1) is 14.7. The molecule has 2 fully saturated rings. The van der Waals surface area contributed by atoms with Gasteiger partial charge in [-0.1, -0.05) is 35.5 Å². The molecule has 1 aromatic carbocycles. The Kier molecular flexibility index (Phi) is 3.56. The van der Waals surface area contributed by atoms with Crippen molar-refractivity contribution in [2.24, 2.45) is 0 Å². The molecule has 2 aliphatic heterocycles. The van der Waals surface area contributed by atoms with Crippen molar-refractivity contribution >= 4 is 0 Å². The monoisotopic (exact) mass is 333 g/mol. The topological polar surface area (TPSA) is 67.9 Å². The second kappa shape index (κ2) is 6.04. The summed E-state index contributed by atoms with van der Waals surface area (Å²) >= 11 is 0. The van der Waals surface area contributed by atoms with Crippen LogP contribution in [0.5, 0.6) is 0 Å². The number of benzene rings is 1.